The van der Waals surface area contributed by atoms with Crippen molar-refractivity contribution in [3.63, 3.8) is 0 Å². The van der Waals surface area contributed by atoms with E-state index in [1.165, 1.54) is 11.8 Å². The quantitative estimate of drug-likeness (QED) is 0.826. The molecule has 2 rings (SSSR count). The Bertz CT molecular complexity index is 528. The number of thioether (sulfide) groups is 1. The van der Waals surface area contributed by atoms with Crippen LogP contribution in [0.1, 0.15) is 5.56 Å². The molecule has 1 saturated heterocycles. The number of rotatable bonds is 5. The Morgan fingerprint density at radius 1 is 1.30 bits per heavy atom. The van der Waals surface area contributed by atoms with E-state index in [4.69, 9.17) is 9.84 Å². The summed E-state index contributed by atoms with van der Waals surface area (Å²) in [4.78, 5) is 35.4. The van der Waals surface area contributed by atoms with Gasteiger partial charge in [0.1, 0.15) is 6.61 Å². The van der Waals surface area contributed by atoms with Crippen LogP contribution in [0.25, 0.3) is 0 Å². The zero-order valence-corrected chi connectivity index (χ0v) is 11.4. The zero-order chi connectivity index (χ0) is 14.5. The Labute approximate surface area is 119 Å². The highest BCUT2D eigenvalue weighted by molar-refractivity contribution is 8.00. The molecule has 1 aliphatic rings. The molecule has 0 unspecified atom stereocenters. The number of aliphatic carboxylic acids is 1. The van der Waals surface area contributed by atoms with E-state index >= 15 is 0 Å². The first-order valence-electron chi connectivity index (χ1n) is 5.97. The third-order valence-electron chi connectivity index (χ3n) is 2.70. The Morgan fingerprint density at radius 2 is 2.00 bits per heavy atom. The summed E-state index contributed by atoms with van der Waals surface area (Å²) < 4.78 is 4.69. The minimum atomic E-state index is -0.881. The molecule has 0 aliphatic carbocycles. The maximum absolute atomic E-state index is 11.8. The molecule has 1 aromatic rings. The van der Waals surface area contributed by atoms with E-state index in [0.717, 1.165) is 9.80 Å². The molecule has 0 bridgehead atoms. The molecule has 106 valence electrons. The average molecular weight is 295 g/mol. The van der Waals surface area contributed by atoms with Crippen LogP contribution in [-0.4, -0.2) is 46.9 Å². The van der Waals surface area contributed by atoms with Gasteiger partial charge in [0.2, 0.25) is 5.91 Å². The molecule has 1 fully saturated rings. The largest absolute Gasteiger partial charge is 0.481 e. The molecule has 1 N–H and O–H groups in total. The topological polar surface area (TPSA) is 83.9 Å². The molecular weight excluding hydrogens is 282 g/mol. The first-order valence-corrected chi connectivity index (χ1v) is 6.95. The van der Waals surface area contributed by atoms with Crippen LogP contribution in [0.3, 0.4) is 0 Å². The van der Waals surface area contributed by atoms with Gasteiger partial charge in [-0.25, -0.2) is 9.69 Å². The van der Waals surface area contributed by atoms with Crippen LogP contribution in [0, 0.1) is 0 Å². The highest BCUT2D eigenvalue weighted by Gasteiger charge is 2.27. The van der Waals surface area contributed by atoms with Crippen LogP contribution in [0.5, 0.6) is 0 Å². The van der Waals surface area contributed by atoms with Crippen molar-refractivity contribution in [3.05, 3.63) is 29.8 Å². The van der Waals surface area contributed by atoms with Gasteiger partial charge in [0.25, 0.3) is 0 Å². The Hall–Kier alpha value is -2.02. The van der Waals surface area contributed by atoms with Gasteiger partial charge in [-0.2, -0.15) is 0 Å². The molecule has 1 aliphatic heterocycles. The lowest BCUT2D eigenvalue weighted by atomic mass is 10.2. The second-order valence-corrected chi connectivity index (χ2v) is 5.21. The molecule has 0 radical (unpaired) electrons. The summed E-state index contributed by atoms with van der Waals surface area (Å²) in [5, 5.41) is 8.66. The maximum atomic E-state index is 11.8. The van der Waals surface area contributed by atoms with Gasteiger partial charge in [0, 0.05) is 4.90 Å². The third-order valence-corrected chi connectivity index (χ3v) is 3.70. The Balaban J connectivity index is 1.86. The summed E-state index contributed by atoms with van der Waals surface area (Å²) in [5.74, 6) is -1.02. The lowest BCUT2D eigenvalue weighted by Gasteiger charge is -2.10. The van der Waals surface area contributed by atoms with Crippen molar-refractivity contribution in [3.8, 4) is 0 Å². The predicted octanol–water partition coefficient (Wildman–Crippen LogP) is 1.38. The van der Waals surface area contributed by atoms with E-state index in [2.05, 4.69) is 0 Å². The van der Waals surface area contributed by atoms with Gasteiger partial charge < -0.3 is 9.84 Å². The molecular formula is C13H13NO5S. The standard InChI is InChI=1S/C13H13NO5S/c15-11(14-5-6-19-13(14)18)8-20-10-3-1-9(2-4-10)7-12(16)17/h1-4H,5-8H2,(H,16,17). The zero-order valence-electron chi connectivity index (χ0n) is 10.6. The van der Waals surface area contributed by atoms with E-state index in [0.29, 0.717) is 12.1 Å². The Kier molecular flexibility index (Phi) is 4.62. The smallest absolute Gasteiger partial charge is 0.416 e. The number of ether oxygens (including phenoxy) is 1. The van der Waals surface area contributed by atoms with E-state index in [1.54, 1.807) is 24.3 Å². The molecule has 6 nitrogen and oxygen atoms in total. The van der Waals surface area contributed by atoms with E-state index in [-0.39, 0.29) is 24.7 Å². The fourth-order valence-corrected chi connectivity index (χ4v) is 2.50. The van der Waals surface area contributed by atoms with Gasteiger partial charge in [0.05, 0.1) is 18.7 Å². The number of imide groups is 1. The van der Waals surface area contributed by atoms with Gasteiger partial charge in [-0.05, 0) is 17.7 Å². The predicted molar refractivity (Wildman–Crippen MR) is 71.6 cm³/mol. The number of carboxylic acids is 1. The molecule has 7 heteroatoms. The monoisotopic (exact) mass is 295 g/mol. The fraction of sp³-hybridized carbons (Fsp3) is 0.308. The molecule has 0 spiro atoms. The van der Waals surface area contributed by atoms with E-state index in [9.17, 15) is 14.4 Å². The average Bonchev–Trinajstić information content (AvgIpc) is 2.83. The highest BCUT2D eigenvalue weighted by Crippen LogP contribution is 2.20. The second-order valence-electron chi connectivity index (χ2n) is 4.16. The van der Waals surface area contributed by atoms with Crippen molar-refractivity contribution in [1.82, 2.24) is 4.90 Å². The molecule has 2 amide bonds. The fourth-order valence-electron chi connectivity index (χ4n) is 1.72. The number of nitrogens with zero attached hydrogens (tertiary/aromatic N) is 1. The highest BCUT2D eigenvalue weighted by atomic mass is 32.2. The van der Waals surface area contributed by atoms with Crippen molar-refractivity contribution in [2.24, 2.45) is 0 Å². The normalized spacial score (nSPS) is 14.2. The first-order chi connectivity index (χ1) is 9.56. The number of carbonyl (C=O) groups excluding carboxylic acids is 2. The lowest BCUT2D eigenvalue weighted by molar-refractivity contribution is -0.136. The molecule has 0 atom stereocenters. The third kappa shape index (κ3) is 3.74. The van der Waals surface area contributed by atoms with Crippen molar-refractivity contribution >= 4 is 29.7 Å². The molecule has 20 heavy (non-hydrogen) atoms. The maximum Gasteiger partial charge on any atom is 0.416 e. The van der Waals surface area contributed by atoms with E-state index in [1.807, 2.05) is 0 Å². The van der Waals surface area contributed by atoms with Gasteiger partial charge >= 0.3 is 12.1 Å². The van der Waals surface area contributed by atoms with Gasteiger partial charge in [-0.15, -0.1) is 11.8 Å². The van der Waals surface area contributed by atoms with Crippen molar-refractivity contribution in [2.45, 2.75) is 11.3 Å². The minimum Gasteiger partial charge on any atom is -0.481 e. The SMILES string of the molecule is O=C(O)Cc1ccc(SCC(=O)N2CCOC2=O)cc1. The Morgan fingerprint density at radius 3 is 2.55 bits per heavy atom. The number of carboxylic acid groups (broad SMARTS) is 1. The summed E-state index contributed by atoms with van der Waals surface area (Å²) >= 11 is 1.30. The van der Waals surface area contributed by atoms with Gasteiger partial charge in [-0.3, -0.25) is 9.59 Å². The van der Waals surface area contributed by atoms with Crippen LogP contribution in [0.2, 0.25) is 0 Å². The summed E-state index contributed by atoms with van der Waals surface area (Å²) in [6, 6.07) is 6.95. The number of benzene rings is 1. The number of carbonyl (C=O) groups is 3. The molecule has 1 aromatic carbocycles. The summed E-state index contributed by atoms with van der Waals surface area (Å²) in [6.45, 7) is 0.550. The van der Waals surface area contributed by atoms with Crippen molar-refractivity contribution < 1.29 is 24.2 Å². The summed E-state index contributed by atoms with van der Waals surface area (Å²) in [6.07, 6.45) is -0.615. The first kappa shape index (κ1) is 14.4. The van der Waals surface area contributed by atoms with Crippen molar-refractivity contribution in [2.75, 3.05) is 18.9 Å². The lowest BCUT2D eigenvalue weighted by Crippen LogP contribution is -2.32. The van der Waals surface area contributed by atoms with Crippen LogP contribution in [0.4, 0.5) is 4.79 Å². The number of cyclic esters (lactones) is 1. The van der Waals surface area contributed by atoms with Gasteiger partial charge in [-0.1, -0.05) is 12.1 Å². The summed E-state index contributed by atoms with van der Waals surface area (Å²) in [7, 11) is 0. The number of amides is 2. The molecule has 0 saturated carbocycles. The number of hydrogen-bond acceptors (Lipinski definition) is 5. The second kappa shape index (κ2) is 6.42. The van der Waals surface area contributed by atoms with Crippen LogP contribution in [-0.2, 0) is 20.7 Å². The van der Waals surface area contributed by atoms with E-state index < -0.39 is 12.1 Å². The minimum absolute atomic E-state index is 0.0243. The summed E-state index contributed by atoms with van der Waals surface area (Å²) in [5.41, 5.74) is 0.705. The van der Waals surface area contributed by atoms with Crippen LogP contribution >= 0.6 is 11.8 Å². The van der Waals surface area contributed by atoms with Crippen molar-refractivity contribution in [1.29, 1.82) is 0 Å². The van der Waals surface area contributed by atoms with Crippen LogP contribution < -0.4 is 0 Å². The molecule has 0 aromatic heterocycles. The van der Waals surface area contributed by atoms with Crippen LogP contribution in [0.15, 0.2) is 29.2 Å². The molecule has 1 heterocycles. The van der Waals surface area contributed by atoms with Gasteiger partial charge in [0.15, 0.2) is 0 Å². The number of hydrogen-bond donors (Lipinski definition) is 1.